The second-order valence-corrected chi connectivity index (χ2v) is 19.5. The van der Waals surface area contributed by atoms with E-state index in [0.717, 1.165) is 45.7 Å². The molecule has 3 aliphatic rings. The van der Waals surface area contributed by atoms with E-state index in [-0.39, 0.29) is 35.8 Å². The number of anilines is 3. The average Bonchev–Trinajstić information content (AvgIpc) is 3.85. The van der Waals surface area contributed by atoms with E-state index in [1.54, 1.807) is 21.6 Å². The zero-order valence-corrected chi connectivity index (χ0v) is 32.6. The Hall–Kier alpha value is -5.14. The zero-order valence-electron chi connectivity index (χ0n) is 31.6. The molecular formula is C43H47N5O6Si. The first kappa shape index (κ1) is 36.8. The van der Waals surface area contributed by atoms with Gasteiger partial charge in [0, 0.05) is 41.9 Å². The number of ether oxygens (including phenoxy) is 2. The minimum atomic E-state index is -2.90. The van der Waals surface area contributed by atoms with Gasteiger partial charge >= 0.3 is 0 Å². The highest BCUT2D eigenvalue weighted by Gasteiger charge is 2.66. The molecule has 1 fully saturated rings. The van der Waals surface area contributed by atoms with Gasteiger partial charge < -0.3 is 24.3 Å². The fourth-order valence-electron chi connectivity index (χ4n) is 9.15. The Morgan fingerprint density at radius 2 is 1.71 bits per heavy atom. The summed E-state index contributed by atoms with van der Waals surface area (Å²) in [5, 5.41) is 19.0. The standard InChI is InChI=1S/C43H47N5O6Si/c1-28-41(55(3,4)52)39(22-23-46-26-36(44-45-46)34(27-49)30-10-6-5-7-11-30)54-43(28)35-24-33(53-2)19-20-38(35)47(42(43)51)25-29-14-17-32(18-15-29)48-37-13-9-8-12-31(37)16-21-40(48)50/h5-15,17-20,24,26,28,34,39,41,49,52H,16,21-23,25,27H2,1-4H3/t28-,34?,39+,41-,43+/m1/s1. The molecule has 4 heterocycles. The molecule has 1 saturated heterocycles. The van der Waals surface area contributed by atoms with E-state index in [1.165, 1.54) is 0 Å². The minimum Gasteiger partial charge on any atom is -0.497 e. The molecule has 0 radical (unpaired) electrons. The number of aromatic nitrogens is 3. The van der Waals surface area contributed by atoms with Crippen LogP contribution in [0.4, 0.5) is 17.1 Å². The predicted octanol–water partition coefficient (Wildman–Crippen LogP) is 6.46. The van der Waals surface area contributed by atoms with E-state index in [0.29, 0.717) is 37.4 Å². The van der Waals surface area contributed by atoms with Crippen LogP contribution in [0, 0.1) is 5.92 Å². The number of aryl methyl sites for hydroxylation is 2. The number of para-hydroxylation sites is 1. The van der Waals surface area contributed by atoms with E-state index >= 15 is 4.79 Å². The molecule has 0 saturated carbocycles. The molecule has 284 valence electrons. The lowest BCUT2D eigenvalue weighted by Crippen LogP contribution is -2.46. The van der Waals surface area contributed by atoms with Gasteiger partial charge in [0.05, 0.1) is 49.4 Å². The fourth-order valence-corrected chi connectivity index (χ4v) is 11.8. The van der Waals surface area contributed by atoms with Crippen LogP contribution in [0.3, 0.4) is 0 Å². The molecule has 2 amide bonds. The molecule has 5 atom stereocenters. The van der Waals surface area contributed by atoms with Crippen LogP contribution in [-0.2, 0) is 39.4 Å². The van der Waals surface area contributed by atoms with E-state index in [2.05, 4.69) is 16.4 Å². The molecule has 2 N–H and O–H groups in total. The topological polar surface area (TPSA) is 130 Å². The van der Waals surface area contributed by atoms with Gasteiger partial charge in [-0.2, -0.15) is 0 Å². The van der Waals surface area contributed by atoms with Gasteiger partial charge in [0.1, 0.15) is 5.75 Å². The number of hydrogen-bond donors (Lipinski definition) is 2. The monoisotopic (exact) mass is 757 g/mol. The van der Waals surface area contributed by atoms with Crippen molar-refractivity contribution in [3.8, 4) is 5.75 Å². The minimum absolute atomic E-state index is 0.0589. The number of benzene rings is 4. The highest BCUT2D eigenvalue weighted by atomic mass is 28.4. The van der Waals surface area contributed by atoms with Crippen molar-refractivity contribution >= 4 is 37.2 Å². The summed E-state index contributed by atoms with van der Waals surface area (Å²) < 4.78 is 14.5. The molecule has 12 heteroatoms. The molecule has 5 aromatic rings. The van der Waals surface area contributed by atoms with Gasteiger partial charge in [0.25, 0.3) is 5.91 Å². The first-order chi connectivity index (χ1) is 26.5. The maximum Gasteiger partial charge on any atom is 0.264 e. The molecule has 55 heavy (non-hydrogen) atoms. The number of carbonyl (C=O) groups is 2. The number of fused-ring (bicyclic) bond motifs is 3. The Kier molecular flexibility index (Phi) is 9.70. The summed E-state index contributed by atoms with van der Waals surface area (Å²) in [6, 6.07) is 31.2. The smallest absolute Gasteiger partial charge is 0.264 e. The van der Waals surface area contributed by atoms with E-state index in [4.69, 9.17) is 9.47 Å². The summed E-state index contributed by atoms with van der Waals surface area (Å²) in [5.74, 6) is -0.139. The number of hydrogen-bond acceptors (Lipinski definition) is 8. The SMILES string of the molecule is COc1ccc2c(c1)[C@]1(O[C@@H](CCn3cc(C(CO)c4ccccc4)nn3)[C@H]([Si](C)(C)O)[C@H]1C)C(=O)N2Cc1ccc(N2C(=O)CCc3ccccc32)cc1. The lowest BCUT2D eigenvalue weighted by molar-refractivity contribution is -0.146. The second kappa shape index (κ2) is 14.5. The molecule has 1 spiro atoms. The van der Waals surface area contributed by atoms with Crippen LogP contribution in [0.1, 0.15) is 53.6 Å². The number of nitrogens with zero attached hydrogens (tertiary/aromatic N) is 5. The molecule has 11 nitrogen and oxygen atoms in total. The van der Waals surface area contributed by atoms with Crippen LogP contribution in [0.5, 0.6) is 5.75 Å². The summed E-state index contributed by atoms with van der Waals surface area (Å²) in [4.78, 5) is 43.5. The lowest BCUT2D eigenvalue weighted by Gasteiger charge is -2.32. The maximum atomic E-state index is 15.0. The van der Waals surface area contributed by atoms with Crippen molar-refractivity contribution in [3.63, 3.8) is 0 Å². The number of rotatable bonds is 11. The van der Waals surface area contributed by atoms with Crippen molar-refractivity contribution in [1.29, 1.82) is 0 Å². The summed E-state index contributed by atoms with van der Waals surface area (Å²) in [7, 11) is -1.30. The van der Waals surface area contributed by atoms with Crippen LogP contribution < -0.4 is 14.5 Å². The summed E-state index contributed by atoms with van der Waals surface area (Å²) in [6.07, 6.45) is 3.09. The van der Waals surface area contributed by atoms with Crippen molar-refractivity contribution in [3.05, 3.63) is 131 Å². The molecule has 3 aliphatic heterocycles. The molecule has 4 aromatic carbocycles. The highest BCUT2D eigenvalue weighted by molar-refractivity contribution is 6.71. The van der Waals surface area contributed by atoms with Crippen LogP contribution >= 0.6 is 0 Å². The zero-order chi connectivity index (χ0) is 38.5. The van der Waals surface area contributed by atoms with Crippen molar-refractivity contribution < 1.29 is 29.0 Å². The highest BCUT2D eigenvalue weighted by Crippen LogP contribution is 2.60. The van der Waals surface area contributed by atoms with Gasteiger partial charge in [-0.15, -0.1) is 5.10 Å². The Labute approximate surface area is 322 Å². The molecule has 0 bridgehead atoms. The third-order valence-electron chi connectivity index (χ3n) is 11.8. The first-order valence-corrected chi connectivity index (χ1v) is 22.0. The van der Waals surface area contributed by atoms with Crippen molar-refractivity contribution in [1.82, 2.24) is 15.0 Å². The quantitative estimate of drug-likeness (QED) is 0.147. The largest absolute Gasteiger partial charge is 0.497 e. The van der Waals surface area contributed by atoms with Crippen molar-refractivity contribution in [2.75, 3.05) is 23.5 Å². The van der Waals surface area contributed by atoms with E-state index in [1.807, 2.05) is 117 Å². The van der Waals surface area contributed by atoms with Gasteiger partial charge in [-0.25, -0.2) is 0 Å². The van der Waals surface area contributed by atoms with Gasteiger partial charge in [-0.1, -0.05) is 72.8 Å². The summed E-state index contributed by atoms with van der Waals surface area (Å²) in [5.41, 5.74) is 5.25. The van der Waals surface area contributed by atoms with Crippen LogP contribution in [0.15, 0.2) is 103 Å². The van der Waals surface area contributed by atoms with Crippen molar-refractivity contribution in [2.45, 2.75) is 75.5 Å². The molecule has 0 aliphatic carbocycles. The number of aliphatic hydroxyl groups is 1. The first-order valence-electron chi connectivity index (χ1n) is 19.0. The summed E-state index contributed by atoms with van der Waals surface area (Å²) in [6.45, 7) is 6.51. The molecule has 8 rings (SSSR count). The third-order valence-corrected chi connectivity index (χ3v) is 14.3. The number of amides is 2. The normalized spacial score (nSPS) is 22.6. The Morgan fingerprint density at radius 1 is 0.964 bits per heavy atom. The Balaban J connectivity index is 1.07. The second-order valence-electron chi connectivity index (χ2n) is 15.5. The van der Waals surface area contributed by atoms with Crippen molar-refractivity contribution in [2.24, 2.45) is 5.92 Å². The van der Waals surface area contributed by atoms with Gasteiger partial charge in [-0.3, -0.25) is 19.2 Å². The predicted molar refractivity (Wildman–Crippen MR) is 212 cm³/mol. The third kappa shape index (κ3) is 6.46. The van der Waals surface area contributed by atoms with Gasteiger partial charge in [0.2, 0.25) is 5.91 Å². The van der Waals surface area contributed by atoms with Crippen LogP contribution in [0.25, 0.3) is 0 Å². The number of aliphatic hydroxyl groups excluding tert-OH is 1. The molecule has 1 aromatic heterocycles. The molecule has 1 unspecified atom stereocenters. The fraction of sp³-hybridized carbons (Fsp3) is 0.349. The number of carbonyl (C=O) groups excluding carboxylic acids is 2. The average molecular weight is 758 g/mol. The Morgan fingerprint density at radius 3 is 2.44 bits per heavy atom. The van der Waals surface area contributed by atoms with Crippen LogP contribution in [0.2, 0.25) is 18.6 Å². The van der Waals surface area contributed by atoms with E-state index < -0.39 is 20.0 Å². The van der Waals surface area contributed by atoms with Gasteiger partial charge in [0.15, 0.2) is 13.9 Å². The lowest BCUT2D eigenvalue weighted by atomic mass is 9.82. The summed E-state index contributed by atoms with van der Waals surface area (Å²) >= 11 is 0. The maximum absolute atomic E-state index is 15.0. The van der Waals surface area contributed by atoms with Gasteiger partial charge in [-0.05, 0) is 79.0 Å². The number of methoxy groups -OCH3 is 1. The van der Waals surface area contributed by atoms with E-state index in [9.17, 15) is 14.7 Å². The molecular weight excluding hydrogens is 711 g/mol. The Bertz CT molecular complexity index is 2210. The van der Waals surface area contributed by atoms with Crippen LogP contribution in [-0.4, -0.2) is 64.8 Å².